The van der Waals surface area contributed by atoms with Gasteiger partial charge in [-0.05, 0) is 38.4 Å². The Bertz CT molecular complexity index is 540. The van der Waals surface area contributed by atoms with Gasteiger partial charge in [0.15, 0.2) is 0 Å². The van der Waals surface area contributed by atoms with E-state index in [4.69, 9.17) is 4.74 Å². The average Bonchev–Trinajstić information content (AvgIpc) is 3.07. The first-order valence-electron chi connectivity index (χ1n) is 7.14. The lowest BCUT2D eigenvalue weighted by atomic mass is 10.2. The Morgan fingerprint density at radius 1 is 1.35 bits per heavy atom. The highest BCUT2D eigenvalue weighted by atomic mass is 32.1. The molecule has 0 N–H and O–H groups in total. The number of nitrogens with zero attached hydrogens (tertiary/aromatic N) is 2. The second-order valence-electron chi connectivity index (χ2n) is 5.27. The van der Waals surface area contributed by atoms with Crippen LogP contribution in [-0.4, -0.2) is 29.1 Å². The largest absolute Gasteiger partial charge is 0.492 e. The Balaban J connectivity index is 1.55. The molecule has 1 fully saturated rings. The van der Waals surface area contributed by atoms with Crippen LogP contribution in [0.4, 0.5) is 0 Å². The summed E-state index contributed by atoms with van der Waals surface area (Å²) in [6.07, 6.45) is 2.48. The highest BCUT2D eigenvalue weighted by Crippen LogP contribution is 2.22. The van der Waals surface area contributed by atoms with Gasteiger partial charge in [-0.25, -0.2) is 4.98 Å². The molecule has 0 aliphatic carbocycles. The number of hydrogen-bond donors (Lipinski definition) is 0. The van der Waals surface area contributed by atoms with E-state index in [2.05, 4.69) is 22.2 Å². The van der Waals surface area contributed by atoms with Gasteiger partial charge in [-0.1, -0.05) is 18.2 Å². The fourth-order valence-electron chi connectivity index (χ4n) is 2.65. The minimum Gasteiger partial charge on any atom is -0.492 e. The predicted octanol–water partition coefficient (Wildman–Crippen LogP) is 3.49. The number of aromatic nitrogens is 1. The van der Waals surface area contributed by atoms with Crippen molar-refractivity contribution in [2.75, 3.05) is 13.2 Å². The van der Waals surface area contributed by atoms with Crippen LogP contribution in [-0.2, 0) is 6.54 Å². The molecule has 3 rings (SSSR count). The van der Waals surface area contributed by atoms with Crippen molar-refractivity contribution in [3.8, 4) is 5.75 Å². The maximum absolute atomic E-state index is 5.90. The highest BCUT2D eigenvalue weighted by Gasteiger charge is 2.25. The van der Waals surface area contributed by atoms with Crippen molar-refractivity contribution in [1.82, 2.24) is 9.88 Å². The predicted molar refractivity (Wildman–Crippen MR) is 82.2 cm³/mol. The van der Waals surface area contributed by atoms with Gasteiger partial charge < -0.3 is 4.74 Å². The normalized spacial score (nSPS) is 19.4. The summed E-state index contributed by atoms with van der Waals surface area (Å²) in [6.45, 7) is 4.94. The number of benzene rings is 1. The zero-order chi connectivity index (χ0) is 13.8. The summed E-state index contributed by atoms with van der Waals surface area (Å²) in [5.41, 5.74) is 1.13. The Hall–Kier alpha value is -1.39. The van der Waals surface area contributed by atoms with Crippen LogP contribution in [0.2, 0.25) is 0 Å². The lowest BCUT2D eigenvalue weighted by Gasteiger charge is -2.23. The third-order valence-electron chi connectivity index (χ3n) is 3.69. The fourth-order valence-corrected chi connectivity index (χ4v) is 3.45. The first kappa shape index (κ1) is 13.6. The summed E-state index contributed by atoms with van der Waals surface area (Å²) in [5.74, 6) is 0.962. The second kappa shape index (κ2) is 6.37. The minimum atomic E-state index is 0.513. The van der Waals surface area contributed by atoms with Gasteiger partial charge >= 0.3 is 0 Å². The molecule has 0 radical (unpaired) electrons. The molecule has 2 aromatic rings. The van der Waals surface area contributed by atoms with E-state index in [9.17, 15) is 0 Å². The highest BCUT2D eigenvalue weighted by molar-refractivity contribution is 7.09. The zero-order valence-corrected chi connectivity index (χ0v) is 12.6. The van der Waals surface area contributed by atoms with E-state index in [1.54, 1.807) is 11.3 Å². The van der Waals surface area contributed by atoms with E-state index < -0.39 is 0 Å². The van der Waals surface area contributed by atoms with Gasteiger partial charge in [-0.2, -0.15) is 0 Å². The topological polar surface area (TPSA) is 25.4 Å². The summed E-state index contributed by atoms with van der Waals surface area (Å²) >= 11 is 1.76. The molecule has 4 heteroatoms. The van der Waals surface area contributed by atoms with Crippen LogP contribution >= 0.6 is 11.3 Å². The molecule has 20 heavy (non-hydrogen) atoms. The van der Waals surface area contributed by atoms with Crippen LogP contribution in [0.3, 0.4) is 0 Å². The van der Waals surface area contributed by atoms with Crippen LogP contribution in [0.25, 0.3) is 0 Å². The monoisotopic (exact) mass is 288 g/mol. The Morgan fingerprint density at radius 2 is 2.20 bits per heavy atom. The van der Waals surface area contributed by atoms with Gasteiger partial charge in [0, 0.05) is 17.1 Å². The van der Waals surface area contributed by atoms with Gasteiger partial charge in [0.1, 0.15) is 17.4 Å². The number of rotatable bonds is 5. The molecule has 0 saturated carbocycles. The third kappa shape index (κ3) is 3.38. The zero-order valence-electron chi connectivity index (χ0n) is 11.8. The second-order valence-corrected chi connectivity index (χ2v) is 6.22. The molecule has 0 spiro atoms. The standard InChI is InChI=1S/C16H20N2OS/c1-13-12-20-16(17-13)10-18-9-5-6-14(18)11-19-15-7-3-2-4-8-15/h2-4,7-8,12,14H,5-6,9-11H2,1H3/t14-/m0/s1. The summed E-state index contributed by atoms with van der Waals surface area (Å²) in [7, 11) is 0. The number of likely N-dealkylation sites (tertiary alicyclic amines) is 1. The minimum absolute atomic E-state index is 0.513. The van der Waals surface area contributed by atoms with Crippen LogP contribution < -0.4 is 4.74 Å². The molecule has 1 aliphatic rings. The van der Waals surface area contributed by atoms with Crippen LogP contribution in [0.5, 0.6) is 5.75 Å². The van der Waals surface area contributed by atoms with Crippen LogP contribution in [0.1, 0.15) is 23.5 Å². The SMILES string of the molecule is Cc1csc(CN2CCC[C@H]2COc2ccccc2)n1. The molecular weight excluding hydrogens is 268 g/mol. The molecular formula is C16H20N2OS. The third-order valence-corrected chi connectivity index (χ3v) is 4.64. The van der Waals surface area contributed by atoms with Crippen LogP contribution in [0, 0.1) is 6.92 Å². The van der Waals surface area contributed by atoms with Gasteiger partial charge in [-0.15, -0.1) is 11.3 Å². The van der Waals surface area contributed by atoms with E-state index in [1.807, 2.05) is 30.3 Å². The molecule has 3 nitrogen and oxygen atoms in total. The van der Waals surface area contributed by atoms with E-state index in [0.717, 1.165) is 31.1 Å². The average molecular weight is 288 g/mol. The molecule has 0 unspecified atom stereocenters. The lowest BCUT2D eigenvalue weighted by molar-refractivity contribution is 0.167. The van der Waals surface area contributed by atoms with Gasteiger partial charge in [-0.3, -0.25) is 4.90 Å². The molecule has 1 aliphatic heterocycles. The Morgan fingerprint density at radius 3 is 2.95 bits per heavy atom. The van der Waals surface area contributed by atoms with E-state index in [0.29, 0.717) is 6.04 Å². The van der Waals surface area contributed by atoms with E-state index >= 15 is 0 Å². The van der Waals surface area contributed by atoms with Crippen molar-refractivity contribution in [2.24, 2.45) is 0 Å². The van der Waals surface area contributed by atoms with E-state index in [-0.39, 0.29) is 0 Å². The Labute approximate surface area is 124 Å². The molecule has 106 valence electrons. The van der Waals surface area contributed by atoms with Crippen molar-refractivity contribution in [1.29, 1.82) is 0 Å². The van der Waals surface area contributed by atoms with Gasteiger partial charge in [0.2, 0.25) is 0 Å². The summed E-state index contributed by atoms with van der Waals surface area (Å²) in [5, 5.41) is 3.34. The number of aryl methyl sites for hydroxylation is 1. The first-order chi connectivity index (χ1) is 9.81. The van der Waals surface area contributed by atoms with Crippen LogP contribution in [0.15, 0.2) is 35.7 Å². The smallest absolute Gasteiger partial charge is 0.119 e. The van der Waals surface area contributed by atoms with E-state index in [1.165, 1.54) is 17.8 Å². The fraction of sp³-hybridized carbons (Fsp3) is 0.438. The molecule has 1 aromatic heterocycles. The number of thiazole rings is 1. The maximum atomic E-state index is 5.90. The molecule has 2 heterocycles. The number of para-hydroxylation sites is 1. The van der Waals surface area contributed by atoms with Crippen molar-refractivity contribution >= 4 is 11.3 Å². The molecule has 1 atom stereocenters. The first-order valence-corrected chi connectivity index (χ1v) is 8.02. The van der Waals surface area contributed by atoms with Crippen molar-refractivity contribution in [3.63, 3.8) is 0 Å². The molecule has 0 amide bonds. The summed E-state index contributed by atoms with van der Waals surface area (Å²) in [6, 6.07) is 10.6. The number of ether oxygens (including phenoxy) is 1. The lowest BCUT2D eigenvalue weighted by Crippen LogP contribution is -2.33. The molecule has 0 bridgehead atoms. The van der Waals surface area contributed by atoms with Gasteiger partial charge in [0.05, 0.1) is 6.54 Å². The van der Waals surface area contributed by atoms with Crippen molar-refractivity contribution < 1.29 is 4.74 Å². The van der Waals surface area contributed by atoms with Gasteiger partial charge in [0.25, 0.3) is 0 Å². The maximum Gasteiger partial charge on any atom is 0.119 e. The number of hydrogen-bond acceptors (Lipinski definition) is 4. The quantitative estimate of drug-likeness (QED) is 0.842. The molecule has 1 saturated heterocycles. The van der Waals surface area contributed by atoms with Crippen molar-refractivity contribution in [3.05, 3.63) is 46.4 Å². The summed E-state index contributed by atoms with van der Waals surface area (Å²) in [4.78, 5) is 7.06. The summed E-state index contributed by atoms with van der Waals surface area (Å²) < 4.78 is 5.90. The van der Waals surface area contributed by atoms with Crippen molar-refractivity contribution in [2.45, 2.75) is 32.4 Å². The Kier molecular flexibility index (Phi) is 4.33. The molecule has 1 aromatic carbocycles.